The van der Waals surface area contributed by atoms with Crippen LogP contribution in [0.1, 0.15) is 54.9 Å². The number of anilines is 2. The standard InChI is InChI=1S/C23H26N4O2.C2H6/c1-25-20-5-2-4-17-18-14-26(12-3-6-21(28)16-7-10-24-11-8-16)13-9-19(18)27(23(17)20)15-22(25)29;1-2/h2,4-5,7-8,10-11,18-19H,3,6,9,12-15H2,1H3;1-2H3. The van der Waals surface area contributed by atoms with Crippen LogP contribution in [0.2, 0.25) is 0 Å². The maximum absolute atomic E-state index is 12.4. The number of ketones is 1. The monoisotopic (exact) mass is 420 g/mol. The van der Waals surface area contributed by atoms with Crippen molar-refractivity contribution in [2.24, 2.45) is 0 Å². The summed E-state index contributed by atoms with van der Waals surface area (Å²) in [6.45, 7) is 7.45. The molecule has 5 rings (SSSR count). The van der Waals surface area contributed by atoms with Gasteiger partial charge in [0.25, 0.3) is 0 Å². The topological polar surface area (TPSA) is 56.8 Å². The van der Waals surface area contributed by atoms with Gasteiger partial charge in [-0.1, -0.05) is 26.0 Å². The predicted octanol–water partition coefficient (Wildman–Crippen LogP) is 3.73. The molecule has 0 N–H and O–H groups in total. The van der Waals surface area contributed by atoms with Crippen LogP contribution >= 0.6 is 0 Å². The van der Waals surface area contributed by atoms with Gasteiger partial charge in [0, 0.05) is 56.5 Å². The van der Waals surface area contributed by atoms with Crippen LogP contribution in [0.4, 0.5) is 11.4 Å². The zero-order chi connectivity index (χ0) is 22.0. The Bertz CT molecular complexity index is 946. The van der Waals surface area contributed by atoms with Gasteiger partial charge in [-0.2, -0.15) is 0 Å². The Morgan fingerprint density at radius 2 is 1.94 bits per heavy atom. The lowest BCUT2D eigenvalue weighted by molar-refractivity contribution is -0.117. The van der Waals surface area contributed by atoms with E-state index in [2.05, 4.69) is 33.0 Å². The van der Waals surface area contributed by atoms with Crippen LogP contribution in [0.25, 0.3) is 0 Å². The van der Waals surface area contributed by atoms with Crippen molar-refractivity contribution in [1.82, 2.24) is 9.88 Å². The molecule has 2 unspecified atom stereocenters. The Morgan fingerprint density at radius 1 is 1.16 bits per heavy atom. The lowest BCUT2D eigenvalue weighted by Crippen LogP contribution is -2.51. The first-order chi connectivity index (χ1) is 15.1. The number of aromatic nitrogens is 1. The zero-order valence-electron chi connectivity index (χ0n) is 18.8. The number of likely N-dealkylation sites (N-methyl/N-ethyl adjacent to an activating group) is 1. The number of amides is 1. The van der Waals surface area contributed by atoms with Gasteiger partial charge in [-0.15, -0.1) is 0 Å². The average Bonchev–Trinajstić information content (AvgIpc) is 3.13. The summed E-state index contributed by atoms with van der Waals surface area (Å²) in [7, 11) is 1.88. The van der Waals surface area contributed by atoms with Crippen LogP contribution in [0.15, 0.2) is 42.7 Å². The van der Waals surface area contributed by atoms with Gasteiger partial charge < -0.3 is 14.7 Å². The number of pyridine rings is 1. The molecule has 0 saturated carbocycles. The number of carbonyl (C=O) groups excluding carboxylic acids is 2. The van der Waals surface area contributed by atoms with Crippen molar-refractivity contribution < 1.29 is 9.59 Å². The number of hydrogen-bond acceptors (Lipinski definition) is 5. The maximum atomic E-state index is 12.4. The number of piperidine rings is 1. The molecule has 2 atom stereocenters. The van der Waals surface area contributed by atoms with E-state index in [4.69, 9.17) is 0 Å². The van der Waals surface area contributed by atoms with Crippen molar-refractivity contribution in [3.05, 3.63) is 53.9 Å². The number of para-hydroxylation sites is 1. The van der Waals surface area contributed by atoms with Crippen LogP contribution in [0, 0.1) is 0 Å². The summed E-state index contributed by atoms with van der Waals surface area (Å²) in [5.74, 6) is 0.804. The molecule has 1 aromatic carbocycles. The van der Waals surface area contributed by atoms with E-state index in [0.29, 0.717) is 24.9 Å². The van der Waals surface area contributed by atoms with Gasteiger partial charge in [0.05, 0.1) is 17.9 Å². The third-order valence-corrected chi connectivity index (χ3v) is 6.71. The van der Waals surface area contributed by atoms with Crippen molar-refractivity contribution in [3.8, 4) is 0 Å². The Labute approximate surface area is 184 Å². The number of likely N-dealkylation sites (tertiary alicyclic amines) is 1. The molecule has 164 valence electrons. The molecule has 1 aromatic heterocycles. The molecule has 2 aromatic rings. The van der Waals surface area contributed by atoms with E-state index in [1.807, 2.05) is 20.9 Å². The SMILES string of the molecule is CC.CN1C(=O)CN2c3c(cccc31)C1CN(CCCC(=O)c3ccncc3)CCC12. The van der Waals surface area contributed by atoms with E-state index < -0.39 is 0 Å². The molecule has 0 bridgehead atoms. The van der Waals surface area contributed by atoms with Gasteiger partial charge in [-0.05, 0) is 43.1 Å². The summed E-state index contributed by atoms with van der Waals surface area (Å²) >= 11 is 0. The van der Waals surface area contributed by atoms with Gasteiger partial charge >= 0.3 is 0 Å². The first kappa shape index (κ1) is 21.5. The van der Waals surface area contributed by atoms with Gasteiger partial charge in [0.2, 0.25) is 5.91 Å². The summed E-state index contributed by atoms with van der Waals surface area (Å²) in [6.07, 6.45) is 5.85. The molecule has 4 heterocycles. The van der Waals surface area contributed by atoms with Crippen molar-refractivity contribution in [2.75, 3.05) is 43.0 Å². The number of hydrogen-bond donors (Lipinski definition) is 0. The Balaban J connectivity index is 0.00000112. The second-order valence-electron chi connectivity index (χ2n) is 8.32. The summed E-state index contributed by atoms with van der Waals surface area (Å²) in [6, 6.07) is 10.4. The third-order valence-electron chi connectivity index (χ3n) is 6.71. The number of rotatable bonds is 5. The first-order valence-corrected chi connectivity index (χ1v) is 11.4. The van der Waals surface area contributed by atoms with Crippen molar-refractivity contribution in [3.63, 3.8) is 0 Å². The smallest absolute Gasteiger partial charge is 0.246 e. The molecule has 1 saturated heterocycles. The fraction of sp³-hybridized carbons (Fsp3) is 0.480. The van der Waals surface area contributed by atoms with Crippen molar-refractivity contribution >= 4 is 23.1 Å². The van der Waals surface area contributed by atoms with E-state index >= 15 is 0 Å². The maximum Gasteiger partial charge on any atom is 0.246 e. The Kier molecular flexibility index (Phi) is 6.37. The average molecular weight is 421 g/mol. The van der Waals surface area contributed by atoms with Gasteiger partial charge in [0.15, 0.2) is 5.78 Å². The number of benzene rings is 1. The van der Waals surface area contributed by atoms with Crippen LogP contribution in [0.5, 0.6) is 0 Å². The van der Waals surface area contributed by atoms with E-state index in [1.165, 1.54) is 11.3 Å². The third kappa shape index (κ3) is 3.97. The largest absolute Gasteiger partial charge is 0.357 e. The minimum absolute atomic E-state index is 0.173. The Hall–Kier alpha value is -2.73. The number of nitrogens with zero attached hydrogens (tertiary/aromatic N) is 4. The highest BCUT2D eigenvalue weighted by Crippen LogP contribution is 2.50. The molecular weight excluding hydrogens is 388 g/mol. The molecule has 3 aliphatic rings. The molecular formula is C25H32N4O2. The van der Waals surface area contributed by atoms with Gasteiger partial charge in [0.1, 0.15) is 0 Å². The molecule has 1 fully saturated rings. The lowest BCUT2D eigenvalue weighted by atomic mass is 9.89. The van der Waals surface area contributed by atoms with Crippen molar-refractivity contribution in [2.45, 2.75) is 45.1 Å². The number of fused-ring (bicyclic) bond motifs is 3. The normalized spacial score (nSPS) is 21.8. The fourth-order valence-electron chi connectivity index (χ4n) is 5.21. The Morgan fingerprint density at radius 3 is 2.71 bits per heavy atom. The van der Waals surface area contributed by atoms with E-state index in [1.54, 1.807) is 29.4 Å². The van der Waals surface area contributed by atoms with E-state index in [9.17, 15) is 9.59 Å². The summed E-state index contributed by atoms with van der Waals surface area (Å²) in [5, 5.41) is 0. The molecule has 1 amide bonds. The summed E-state index contributed by atoms with van der Waals surface area (Å²) < 4.78 is 0. The second kappa shape index (κ2) is 9.18. The van der Waals surface area contributed by atoms with E-state index in [-0.39, 0.29) is 11.7 Å². The molecule has 0 radical (unpaired) electrons. The highest BCUT2D eigenvalue weighted by molar-refractivity contribution is 6.04. The number of carbonyl (C=O) groups is 2. The minimum atomic E-state index is 0.173. The minimum Gasteiger partial charge on any atom is -0.357 e. The summed E-state index contributed by atoms with van der Waals surface area (Å²) in [4.78, 5) is 35.4. The first-order valence-electron chi connectivity index (χ1n) is 11.4. The zero-order valence-corrected chi connectivity index (χ0v) is 18.8. The van der Waals surface area contributed by atoms with Crippen LogP contribution < -0.4 is 9.80 Å². The molecule has 3 aliphatic heterocycles. The highest BCUT2D eigenvalue weighted by atomic mass is 16.2. The molecule has 31 heavy (non-hydrogen) atoms. The van der Waals surface area contributed by atoms with Crippen LogP contribution in [-0.2, 0) is 4.79 Å². The van der Waals surface area contributed by atoms with Gasteiger partial charge in [-0.25, -0.2) is 0 Å². The predicted molar refractivity (Wildman–Crippen MR) is 124 cm³/mol. The molecule has 0 spiro atoms. The summed E-state index contributed by atoms with van der Waals surface area (Å²) in [5.41, 5.74) is 4.44. The van der Waals surface area contributed by atoms with Crippen LogP contribution in [0.3, 0.4) is 0 Å². The van der Waals surface area contributed by atoms with Crippen molar-refractivity contribution in [1.29, 1.82) is 0 Å². The van der Waals surface area contributed by atoms with Gasteiger partial charge in [-0.3, -0.25) is 14.6 Å². The second-order valence-corrected chi connectivity index (χ2v) is 8.32. The van der Waals surface area contributed by atoms with Crippen LogP contribution in [-0.4, -0.2) is 60.8 Å². The number of Topliss-reactive ketones (excluding diaryl/α,β-unsaturated/α-hetero) is 1. The fourth-order valence-corrected chi connectivity index (χ4v) is 5.21. The van der Waals surface area contributed by atoms with E-state index in [0.717, 1.165) is 43.7 Å². The molecule has 6 heteroatoms. The molecule has 0 aliphatic carbocycles. The lowest BCUT2D eigenvalue weighted by Gasteiger charge is -2.40. The highest BCUT2D eigenvalue weighted by Gasteiger charge is 2.46. The molecule has 6 nitrogen and oxygen atoms in total. The quantitative estimate of drug-likeness (QED) is 0.690.